The Morgan fingerprint density at radius 3 is 2.41 bits per heavy atom. The van der Waals surface area contributed by atoms with Crippen LogP contribution >= 0.6 is 11.9 Å². The lowest BCUT2D eigenvalue weighted by atomic mass is 9.78. The molecule has 1 rings (SSSR count). The molecule has 0 aromatic carbocycles. The van der Waals surface area contributed by atoms with Crippen molar-refractivity contribution in [2.24, 2.45) is 11.8 Å². The Labute approximate surface area is 139 Å². The lowest BCUT2D eigenvalue weighted by molar-refractivity contribution is -0.154. The molecule has 0 aliphatic carbocycles. The van der Waals surface area contributed by atoms with Crippen LogP contribution in [0.2, 0.25) is 18.1 Å². The summed E-state index contributed by atoms with van der Waals surface area (Å²) in [6, 6.07) is -0.162. The number of hydrogen-bond donors (Lipinski definition) is 0. The van der Waals surface area contributed by atoms with E-state index in [0.717, 1.165) is 0 Å². The van der Waals surface area contributed by atoms with Gasteiger partial charge in [0.05, 0.1) is 24.7 Å². The Hall–Kier alpha value is -0.333. The molecular weight excluding hydrogens is 317 g/mol. The van der Waals surface area contributed by atoms with Gasteiger partial charge in [-0.2, -0.15) is 0 Å². The molecule has 1 fully saturated rings. The minimum Gasteiger partial charge on any atom is -0.413 e. The average molecular weight is 348 g/mol. The van der Waals surface area contributed by atoms with Gasteiger partial charge in [-0.3, -0.25) is 13.5 Å². The molecule has 3 nitrogen and oxygen atoms in total. The first-order chi connectivity index (χ1) is 10.0. The van der Waals surface area contributed by atoms with Gasteiger partial charge in [-0.05, 0) is 25.1 Å². The summed E-state index contributed by atoms with van der Waals surface area (Å²) in [6.07, 6.45) is 3.27. The van der Waals surface area contributed by atoms with E-state index in [0.29, 0.717) is 0 Å². The van der Waals surface area contributed by atoms with E-state index in [1.165, 1.54) is 11.9 Å². The summed E-state index contributed by atoms with van der Waals surface area (Å²) in [5.74, 6) is -0.565. The highest BCUT2D eigenvalue weighted by molar-refractivity contribution is 7.96. The molecule has 0 saturated carbocycles. The number of nitrogens with zero attached hydrogens (tertiary/aromatic N) is 1. The quantitative estimate of drug-likeness (QED) is 0.298. The highest BCUT2D eigenvalue weighted by Crippen LogP contribution is 2.43. The van der Waals surface area contributed by atoms with Crippen molar-refractivity contribution >= 4 is 26.2 Å². The van der Waals surface area contributed by atoms with Crippen LogP contribution < -0.4 is 0 Å². The van der Waals surface area contributed by atoms with Crippen LogP contribution in [0.15, 0.2) is 12.7 Å². The van der Waals surface area contributed by atoms with Crippen LogP contribution in [0.25, 0.3) is 0 Å². The Kier molecular flexibility index (Phi) is 6.32. The molecule has 0 unspecified atom stereocenters. The fraction of sp³-hybridized carbons (Fsp3) is 0.812. The van der Waals surface area contributed by atoms with Gasteiger partial charge in [0.15, 0.2) is 8.32 Å². The highest BCUT2D eigenvalue weighted by atomic mass is 32.2. The van der Waals surface area contributed by atoms with Gasteiger partial charge in [0, 0.05) is 12.2 Å². The van der Waals surface area contributed by atoms with Crippen molar-refractivity contribution in [3.63, 3.8) is 0 Å². The van der Waals surface area contributed by atoms with Gasteiger partial charge >= 0.3 is 0 Å². The van der Waals surface area contributed by atoms with E-state index in [9.17, 15) is 9.18 Å². The van der Waals surface area contributed by atoms with Gasteiger partial charge < -0.3 is 4.43 Å². The number of β-lactam (4-membered cyclic amide) rings is 1. The van der Waals surface area contributed by atoms with Gasteiger partial charge in [-0.1, -0.05) is 38.8 Å². The first-order valence-electron chi connectivity index (χ1n) is 7.75. The van der Waals surface area contributed by atoms with Crippen LogP contribution in [-0.4, -0.2) is 43.6 Å². The number of alkyl halides is 1. The maximum Gasteiger partial charge on any atom is 0.240 e. The van der Waals surface area contributed by atoms with Crippen molar-refractivity contribution < 1.29 is 13.6 Å². The summed E-state index contributed by atoms with van der Waals surface area (Å²) in [4.78, 5) is 12.4. The van der Waals surface area contributed by atoms with Gasteiger partial charge in [0.2, 0.25) is 5.91 Å². The SMILES string of the molecule is C=C[C@H](CF)[C@@H]1[C@@H]([C@@H](C)O[Si](C)(C)C(C)(C)C)C(=O)N1SC. The standard InChI is InChI=1S/C16H30FNO2SSi/c1-9-12(10-17)14-13(15(19)18(14)21-6)11(2)20-22(7,8)16(3,4)5/h9,11-14H,1,10H2,2-8H3/t11-,12-,13-,14-/m1/s1. The van der Waals surface area contributed by atoms with E-state index in [1.54, 1.807) is 10.4 Å². The maximum absolute atomic E-state index is 13.3. The fourth-order valence-corrected chi connectivity index (χ4v) is 4.90. The van der Waals surface area contributed by atoms with E-state index in [4.69, 9.17) is 4.43 Å². The molecule has 4 atom stereocenters. The molecule has 6 heteroatoms. The van der Waals surface area contributed by atoms with Crippen molar-refractivity contribution in [1.29, 1.82) is 0 Å². The molecule has 22 heavy (non-hydrogen) atoms. The van der Waals surface area contributed by atoms with Crippen molar-refractivity contribution in [3.05, 3.63) is 12.7 Å². The lowest BCUT2D eigenvalue weighted by Gasteiger charge is -2.52. The molecule has 1 aliphatic heterocycles. The van der Waals surface area contributed by atoms with Crippen LogP contribution in [-0.2, 0) is 9.22 Å². The minimum atomic E-state index is -1.96. The fourth-order valence-electron chi connectivity index (χ4n) is 2.64. The van der Waals surface area contributed by atoms with Crippen LogP contribution in [0.5, 0.6) is 0 Å². The second-order valence-electron chi connectivity index (χ2n) is 7.50. The largest absolute Gasteiger partial charge is 0.413 e. The Bertz CT molecular complexity index is 419. The highest BCUT2D eigenvalue weighted by Gasteiger charge is 2.54. The summed E-state index contributed by atoms with van der Waals surface area (Å²) in [5.41, 5.74) is 0. The van der Waals surface area contributed by atoms with E-state index in [1.807, 2.05) is 13.2 Å². The number of halogens is 1. The molecule has 1 amide bonds. The maximum atomic E-state index is 13.3. The molecule has 0 spiro atoms. The van der Waals surface area contributed by atoms with Gasteiger partial charge in [0.1, 0.15) is 0 Å². The molecule has 0 N–H and O–H groups in total. The molecule has 0 aromatic rings. The first kappa shape index (κ1) is 19.7. The average Bonchev–Trinajstić information content (AvgIpc) is 2.37. The van der Waals surface area contributed by atoms with Crippen molar-refractivity contribution in [1.82, 2.24) is 4.31 Å². The zero-order chi connectivity index (χ0) is 17.3. The predicted octanol–water partition coefficient (Wildman–Crippen LogP) is 4.27. The minimum absolute atomic E-state index is 0.0454. The number of rotatable bonds is 7. The Morgan fingerprint density at radius 1 is 1.50 bits per heavy atom. The summed E-state index contributed by atoms with van der Waals surface area (Å²) in [7, 11) is -1.96. The molecule has 1 heterocycles. The van der Waals surface area contributed by atoms with E-state index in [-0.39, 0.29) is 34.9 Å². The van der Waals surface area contributed by atoms with E-state index < -0.39 is 15.0 Å². The second kappa shape index (κ2) is 7.05. The first-order valence-corrected chi connectivity index (χ1v) is 11.8. The topological polar surface area (TPSA) is 29.5 Å². The van der Waals surface area contributed by atoms with E-state index >= 15 is 0 Å². The molecular formula is C16H30FNO2SSi. The van der Waals surface area contributed by atoms with E-state index in [2.05, 4.69) is 40.4 Å². The molecule has 0 bridgehead atoms. The number of carbonyl (C=O) groups is 1. The van der Waals surface area contributed by atoms with Crippen molar-refractivity contribution in [2.45, 2.75) is 58.0 Å². The summed E-state index contributed by atoms with van der Waals surface area (Å²) in [6.45, 7) is 16.0. The van der Waals surface area contributed by atoms with Gasteiger partial charge in [-0.15, -0.1) is 6.58 Å². The zero-order valence-electron chi connectivity index (χ0n) is 14.9. The lowest BCUT2D eigenvalue weighted by Crippen LogP contribution is -2.65. The predicted molar refractivity (Wildman–Crippen MR) is 95.0 cm³/mol. The second-order valence-corrected chi connectivity index (χ2v) is 13.0. The van der Waals surface area contributed by atoms with Crippen LogP contribution in [0, 0.1) is 11.8 Å². The van der Waals surface area contributed by atoms with Gasteiger partial charge in [0.25, 0.3) is 0 Å². The van der Waals surface area contributed by atoms with Crippen LogP contribution in [0.4, 0.5) is 4.39 Å². The Morgan fingerprint density at radius 2 is 2.05 bits per heavy atom. The molecule has 128 valence electrons. The van der Waals surface area contributed by atoms with Crippen LogP contribution in [0.1, 0.15) is 27.7 Å². The summed E-state index contributed by atoms with van der Waals surface area (Å²) in [5, 5.41) is 0.0840. The van der Waals surface area contributed by atoms with Crippen molar-refractivity contribution in [3.8, 4) is 0 Å². The zero-order valence-corrected chi connectivity index (χ0v) is 16.7. The Balaban J connectivity index is 2.93. The number of carbonyl (C=O) groups excluding carboxylic acids is 1. The third-order valence-electron chi connectivity index (χ3n) is 5.05. The molecule has 1 aliphatic rings. The third-order valence-corrected chi connectivity index (χ3v) is 10.4. The third kappa shape index (κ3) is 3.59. The number of hydrogen-bond acceptors (Lipinski definition) is 3. The van der Waals surface area contributed by atoms with Crippen LogP contribution in [0.3, 0.4) is 0 Å². The monoisotopic (exact) mass is 347 g/mol. The summed E-state index contributed by atoms with van der Waals surface area (Å²) >= 11 is 1.36. The normalized spacial score (nSPS) is 25.6. The number of amides is 1. The molecule has 0 aromatic heterocycles. The molecule has 1 saturated heterocycles. The smallest absolute Gasteiger partial charge is 0.240 e. The van der Waals surface area contributed by atoms with Crippen molar-refractivity contribution in [2.75, 3.05) is 12.9 Å². The van der Waals surface area contributed by atoms with Gasteiger partial charge in [-0.25, -0.2) is 0 Å². The molecule has 0 radical (unpaired) electrons. The summed E-state index contributed by atoms with van der Waals surface area (Å²) < 4.78 is 21.3.